The Morgan fingerprint density at radius 3 is 2.25 bits per heavy atom. The Hall–Kier alpha value is -1.54. The molecule has 1 saturated carbocycles. The van der Waals surface area contributed by atoms with Crippen LogP contribution in [-0.2, 0) is 11.0 Å². The highest BCUT2D eigenvalue weighted by atomic mass is 35.5. The topological polar surface area (TPSA) is 62.5 Å². The van der Waals surface area contributed by atoms with Gasteiger partial charge in [-0.15, -0.1) is 12.4 Å². The van der Waals surface area contributed by atoms with E-state index in [-0.39, 0.29) is 30.3 Å². The number of piperazine rings is 1. The van der Waals surface area contributed by atoms with Gasteiger partial charge >= 0.3 is 6.18 Å². The normalized spacial score (nSPS) is 24.2. The van der Waals surface area contributed by atoms with Gasteiger partial charge in [-0.05, 0) is 25.0 Å². The molecule has 1 aliphatic heterocycles. The molecule has 0 spiro atoms. The summed E-state index contributed by atoms with van der Waals surface area (Å²) in [6, 6.07) is 2.56. The third kappa shape index (κ3) is 3.92. The minimum Gasteiger partial charge on any atom is -0.353 e. The van der Waals surface area contributed by atoms with Gasteiger partial charge in [0.05, 0.1) is 5.56 Å². The maximum atomic E-state index is 12.5. The number of carbonyl (C=O) groups is 1. The second-order valence-corrected chi connectivity index (χ2v) is 6.14. The lowest BCUT2D eigenvalue weighted by Crippen LogP contribution is -2.53. The van der Waals surface area contributed by atoms with Crippen molar-refractivity contribution in [1.82, 2.24) is 9.88 Å². The number of amides is 1. The van der Waals surface area contributed by atoms with Gasteiger partial charge in [-0.1, -0.05) is 0 Å². The molecule has 0 atom stereocenters. The van der Waals surface area contributed by atoms with E-state index in [0.29, 0.717) is 32.0 Å². The molecule has 0 bridgehead atoms. The van der Waals surface area contributed by atoms with Crippen LogP contribution in [0.1, 0.15) is 18.4 Å². The Labute approximate surface area is 144 Å². The van der Waals surface area contributed by atoms with Crippen molar-refractivity contribution in [3.05, 3.63) is 23.9 Å². The highest BCUT2D eigenvalue weighted by molar-refractivity contribution is 5.85. The molecule has 3 rings (SSSR count). The molecule has 2 heterocycles. The van der Waals surface area contributed by atoms with E-state index in [1.54, 1.807) is 0 Å². The van der Waals surface area contributed by atoms with Crippen molar-refractivity contribution in [3.63, 3.8) is 0 Å². The zero-order valence-corrected chi connectivity index (χ0v) is 13.8. The smallest absolute Gasteiger partial charge is 0.353 e. The molecular formula is C15H20ClF3N4O. The molecule has 1 saturated heterocycles. The van der Waals surface area contributed by atoms with E-state index in [1.165, 1.54) is 6.07 Å². The standard InChI is InChI=1S/C15H19F3N4O.ClH/c16-15(17,18)11-1-2-13(20-9-11)21-3-5-22(6-4-21)14(23)10-7-12(19)8-10;/h1-2,9-10,12H,3-8,19H2;1H. The lowest BCUT2D eigenvalue weighted by atomic mass is 9.80. The summed E-state index contributed by atoms with van der Waals surface area (Å²) in [7, 11) is 0. The SMILES string of the molecule is Cl.NC1CC(C(=O)N2CCN(c3ccc(C(F)(F)F)cn3)CC2)C1. The van der Waals surface area contributed by atoms with Crippen LogP contribution in [0.3, 0.4) is 0 Å². The van der Waals surface area contributed by atoms with Crippen LogP contribution in [0.25, 0.3) is 0 Å². The quantitative estimate of drug-likeness (QED) is 0.870. The number of carbonyl (C=O) groups excluding carboxylic acids is 1. The molecule has 1 aromatic rings. The van der Waals surface area contributed by atoms with Crippen molar-refractivity contribution in [2.75, 3.05) is 31.1 Å². The Morgan fingerprint density at radius 2 is 1.79 bits per heavy atom. The van der Waals surface area contributed by atoms with E-state index in [1.807, 2.05) is 9.80 Å². The Morgan fingerprint density at radius 1 is 1.17 bits per heavy atom. The number of anilines is 1. The first-order chi connectivity index (χ1) is 10.8. The van der Waals surface area contributed by atoms with E-state index in [4.69, 9.17) is 5.73 Å². The third-order valence-electron chi connectivity index (χ3n) is 4.51. The van der Waals surface area contributed by atoms with Crippen LogP contribution in [0.2, 0.25) is 0 Å². The average molecular weight is 365 g/mol. The van der Waals surface area contributed by atoms with E-state index < -0.39 is 11.7 Å². The van der Waals surface area contributed by atoms with Crippen molar-refractivity contribution in [2.45, 2.75) is 25.1 Å². The highest BCUT2D eigenvalue weighted by Crippen LogP contribution is 2.30. The molecule has 2 fully saturated rings. The van der Waals surface area contributed by atoms with Gasteiger partial charge in [-0.2, -0.15) is 13.2 Å². The van der Waals surface area contributed by atoms with Gasteiger partial charge in [0, 0.05) is 44.3 Å². The number of halogens is 4. The molecule has 0 radical (unpaired) electrons. The largest absolute Gasteiger partial charge is 0.417 e. The average Bonchev–Trinajstić information content (AvgIpc) is 2.51. The number of alkyl halides is 3. The summed E-state index contributed by atoms with van der Waals surface area (Å²) in [5, 5.41) is 0. The summed E-state index contributed by atoms with van der Waals surface area (Å²) >= 11 is 0. The van der Waals surface area contributed by atoms with E-state index in [0.717, 1.165) is 25.1 Å². The van der Waals surface area contributed by atoms with Gasteiger partial charge in [-0.3, -0.25) is 4.79 Å². The van der Waals surface area contributed by atoms with Crippen LogP contribution in [0.15, 0.2) is 18.3 Å². The second-order valence-electron chi connectivity index (χ2n) is 6.14. The molecule has 1 amide bonds. The van der Waals surface area contributed by atoms with E-state index in [9.17, 15) is 18.0 Å². The fourth-order valence-corrected chi connectivity index (χ4v) is 3.02. The van der Waals surface area contributed by atoms with Gasteiger partial charge < -0.3 is 15.5 Å². The predicted molar refractivity (Wildman–Crippen MR) is 86.0 cm³/mol. The summed E-state index contributed by atoms with van der Waals surface area (Å²) in [5.74, 6) is 0.697. The predicted octanol–water partition coefficient (Wildman–Crippen LogP) is 1.91. The molecule has 9 heteroatoms. The Balaban J connectivity index is 0.00000208. The van der Waals surface area contributed by atoms with Crippen molar-refractivity contribution in [1.29, 1.82) is 0 Å². The third-order valence-corrected chi connectivity index (χ3v) is 4.51. The first-order valence-corrected chi connectivity index (χ1v) is 7.67. The van der Waals surface area contributed by atoms with E-state index in [2.05, 4.69) is 4.98 Å². The van der Waals surface area contributed by atoms with Gasteiger partial charge in [0.25, 0.3) is 0 Å². The minimum absolute atomic E-state index is 0. The number of hydrogen-bond acceptors (Lipinski definition) is 4. The lowest BCUT2D eigenvalue weighted by molar-refractivity contribution is -0.139. The van der Waals surface area contributed by atoms with E-state index >= 15 is 0 Å². The van der Waals surface area contributed by atoms with Gasteiger partial charge in [0.1, 0.15) is 5.82 Å². The molecule has 2 aliphatic rings. The number of aromatic nitrogens is 1. The fraction of sp³-hybridized carbons (Fsp3) is 0.600. The zero-order chi connectivity index (χ0) is 16.6. The number of hydrogen-bond donors (Lipinski definition) is 1. The summed E-state index contributed by atoms with van der Waals surface area (Å²) in [6.45, 7) is 2.27. The van der Waals surface area contributed by atoms with Crippen molar-refractivity contribution < 1.29 is 18.0 Å². The number of rotatable bonds is 2. The van der Waals surface area contributed by atoms with Crippen LogP contribution < -0.4 is 10.6 Å². The van der Waals surface area contributed by atoms with Gasteiger partial charge in [-0.25, -0.2) is 4.98 Å². The van der Waals surface area contributed by atoms with Gasteiger partial charge in [0.15, 0.2) is 0 Å². The molecule has 24 heavy (non-hydrogen) atoms. The molecule has 0 aromatic carbocycles. The van der Waals surface area contributed by atoms with Crippen LogP contribution in [-0.4, -0.2) is 48.0 Å². The number of pyridine rings is 1. The maximum Gasteiger partial charge on any atom is 0.417 e. The lowest BCUT2D eigenvalue weighted by Gasteiger charge is -2.40. The molecular weight excluding hydrogens is 345 g/mol. The summed E-state index contributed by atoms with van der Waals surface area (Å²) in [4.78, 5) is 19.8. The Kier molecular flexibility index (Phi) is 5.59. The first kappa shape index (κ1) is 18.8. The molecule has 134 valence electrons. The van der Waals surface area contributed by atoms with Crippen LogP contribution in [0.5, 0.6) is 0 Å². The summed E-state index contributed by atoms with van der Waals surface area (Å²) in [6.07, 6.45) is -2.03. The monoisotopic (exact) mass is 364 g/mol. The fourth-order valence-electron chi connectivity index (χ4n) is 3.02. The number of nitrogens with two attached hydrogens (primary N) is 1. The maximum absolute atomic E-state index is 12.5. The van der Waals surface area contributed by atoms with Crippen LogP contribution in [0, 0.1) is 5.92 Å². The molecule has 1 aromatic heterocycles. The van der Waals surface area contributed by atoms with Crippen molar-refractivity contribution >= 4 is 24.1 Å². The molecule has 1 aliphatic carbocycles. The molecule has 5 nitrogen and oxygen atoms in total. The second kappa shape index (κ2) is 7.14. The van der Waals surface area contributed by atoms with Crippen molar-refractivity contribution in [3.8, 4) is 0 Å². The van der Waals surface area contributed by atoms with Gasteiger partial charge in [0.2, 0.25) is 5.91 Å². The van der Waals surface area contributed by atoms with Crippen LogP contribution in [0.4, 0.5) is 19.0 Å². The zero-order valence-electron chi connectivity index (χ0n) is 13.0. The molecule has 2 N–H and O–H groups in total. The van der Waals surface area contributed by atoms with Crippen molar-refractivity contribution in [2.24, 2.45) is 11.7 Å². The summed E-state index contributed by atoms with van der Waals surface area (Å²) in [5.41, 5.74) is 4.96. The summed E-state index contributed by atoms with van der Waals surface area (Å²) < 4.78 is 37.6. The highest BCUT2D eigenvalue weighted by Gasteiger charge is 2.36. The molecule has 0 unspecified atom stereocenters. The first-order valence-electron chi connectivity index (χ1n) is 7.67. The van der Waals surface area contributed by atoms with Crippen LogP contribution >= 0.6 is 12.4 Å². The minimum atomic E-state index is -4.37. The Bertz CT molecular complexity index is 567. The number of nitrogens with zero attached hydrogens (tertiary/aromatic N) is 3.